The Hall–Kier alpha value is -12.2. The molecule has 0 aromatic carbocycles. The molecule has 10 heterocycles. The molecule has 3 unspecified atom stereocenters. The van der Waals surface area contributed by atoms with Crippen LogP contribution in [0, 0.1) is 0 Å². The molecule has 25 N–H and O–H groups in total. The highest BCUT2D eigenvalue weighted by Gasteiger charge is 2.36. The number of esters is 1. The summed E-state index contributed by atoms with van der Waals surface area (Å²) in [5.74, 6) is -2.49. The van der Waals surface area contributed by atoms with Gasteiger partial charge in [0.15, 0.2) is 55.8 Å². The number of nitrogens with one attached hydrogen (secondary N) is 15. The summed E-state index contributed by atoms with van der Waals surface area (Å²) in [4.78, 5) is 227. The van der Waals surface area contributed by atoms with Crippen molar-refractivity contribution in [2.24, 2.45) is 0 Å². The average Bonchev–Trinajstić information content (AvgIpc) is 1.67. The van der Waals surface area contributed by atoms with E-state index in [4.69, 9.17) is 57.1 Å². The van der Waals surface area contributed by atoms with Gasteiger partial charge in [0.2, 0.25) is 67.0 Å². The van der Waals surface area contributed by atoms with Crippen LogP contribution in [0.25, 0.3) is 55.8 Å². The molecule has 0 saturated carbocycles. The largest absolute Gasteiger partial charge is 0.462 e. The maximum absolute atomic E-state index is 13.4. The van der Waals surface area contributed by atoms with E-state index in [2.05, 4.69) is 126 Å². The van der Waals surface area contributed by atoms with Crippen LogP contribution in [0.3, 0.4) is 0 Å². The van der Waals surface area contributed by atoms with Gasteiger partial charge in [-0.25, -0.2) is 75.8 Å². The topological polar surface area (TPSA) is 880 Å². The Morgan fingerprint density at radius 2 is 0.412 bits per heavy atom. The van der Waals surface area contributed by atoms with Crippen molar-refractivity contribution in [2.75, 3.05) is 93.4 Å². The van der Waals surface area contributed by atoms with Gasteiger partial charge in [-0.05, 0) is 145 Å². The number of carbonyl (C=O) groups is 10. The molecule has 818 valence electrons. The van der Waals surface area contributed by atoms with Crippen LogP contribution in [0.1, 0.15) is 145 Å². The van der Waals surface area contributed by atoms with Crippen molar-refractivity contribution in [3.8, 4) is 0 Å². The first kappa shape index (κ1) is 124. The fourth-order valence-electron chi connectivity index (χ4n) is 12.3. The van der Waals surface area contributed by atoms with Crippen LogP contribution in [-0.2, 0) is 132 Å². The zero-order valence-electron chi connectivity index (χ0n) is 85.8. The van der Waals surface area contributed by atoms with Gasteiger partial charge in [0.1, 0.15) is 89.8 Å². The lowest BCUT2D eigenvalue weighted by atomic mass is 10.3. The Labute approximate surface area is 846 Å². The number of Topliss-reactive ketones (excluding diaryl/α,β-unsaturated/α-hetero) is 9. The number of carbonyl (C=O) groups excluding carboxylic acids is 10. The molecule has 66 heteroatoms. The Balaban J connectivity index is 0.000000283. The number of rotatable bonds is 56. The molecule has 0 aliphatic rings. The minimum absolute atomic E-state index is 0.0282. The maximum Gasteiger partial charge on any atom is 0.323 e. The first-order valence-electron chi connectivity index (χ1n) is 45.9. The minimum Gasteiger partial charge on any atom is -0.462 e. The fraction of sp³-hybridized carbons (Fsp3) is 0.573. The molecular formula is C82H134N35O26P5. The van der Waals surface area contributed by atoms with Crippen molar-refractivity contribution in [3.05, 3.63) is 83.4 Å². The zero-order valence-corrected chi connectivity index (χ0v) is 90.3. The van der Waals surface area contributed by atoms with E-state index < -0.39 is 131 Å². The number of fused-ring (bicyclic) bond motifs is 5. The van der Waals surface area contributed by atoms with Gasteiger partial charge in [-0.2, -0.15) is 24.9 Å². The number of anilines is 5. The van der Waals surface area contributed by atoms with Crippen molar-refractivity contribution in [1.82, 2.24) is 148 Å². The molecule has 10 aromatic heterocycles. The lowest BCUT2D eigenvalue weighted by Crippen LogP contribution is -2.42. The van der Waals surface area contributed by atoms with Gasteiger partial charge >= 0.3 is 5.97 Å². The molecule has 0 aliphatic heterocycles. The SMILES string of the molecule is CC(=O)[C@@H](C)NP(=O)(COCCn1cnc2c(=O)[nH]c(N)nc21)N[C@H](C)C(C)=O.CC(=O)[C@H](C)NP(=O)(COCCn1cnc2c(=O)[nH]c(N)nc21)N[C@@H](C)C(C)=O.CC(=O)[C@H](C)NP(=O)(COCCn1cnc2c(=O)[nH]c(N)nc21)N[C@H](C)C(=O)OC(C)C.CC(=O)[C@H](C)NP(=O)(COCCn1cnc2c(=O)[nH]c(N)nc21)N[C@H](C)C(C)=O.CC(=O)[C@H](C)NP(=O)(COCCn1cnc2c(=O)[nH]c(N)nc21)N[C@H](C)C(C)=O. The standard InChI is InChI=1S/C18H30N7O6P.4C16H26N7O5P/c1-10(2)31-17(28)12(4)24-32(29,23-11(3)13(5)26)9-30-7-6-25-8-20-14-15(25)21-18(19)22-16(14)27;4*1-9(11(3)24)21-29(27,22-10(2)12(4)25)8-28-6-5-23-7-18-13-14(23)19-16(17)20-15(13)26/h8,10-12H,6-7,9H2,1-5H3,(H2,23,24,29)(H3,19,21,22,27);4*7,9-10H,5-6,8H2,1-4H3,(H2,21,22,27)(H3,17,19,20,26)/t11-,12+,32?;2*9-,10+,29?;2*9-,10-/m0..10/s1. The van der Waals surface area contributed by atoms with Crippen LogP contribution < -0.4 is 107 Å². The third-order valence-electron chi connectivity index (χ3n) is 21.4. The molecule has 0 amide bonds. The van der Waals surface area contributed by atoms with E-state index >= 15 is 0 Å². The predicted molar refractivity (Wildman–Crippen MR) is 548 cm³/mol. The van der Waals surface area contributed by atoms with Gasteiger partial charge in [0.25, 0.3) is 27.8 Å². The number of hydrogen-bond donors (Lipinski definition) is 20. The average molecular weight is 2180 g/mol. The predicted octanol–water partition coefficient (Wildman–Crippen LogP) is 0.379. The number of aromatic amines is 5. The first-order valence-corrected chi connectivity index (χ1v) is 55.4. The summed E-state index contributed by atoms with van der Waals surface area (Å²) in [6.45, 7) is 33.5. The van der Waals surface area contributed by atoms with E-state index in [1.54, 1.807) is 99.0 Å². The summed E-state index contributed by atoms with van der Waals surface area (Å²) in [6.07, 6.45) is 5.55. The summed E-state index contributed by atoms with van der Waals surface area (Å²) < 4.78 is 107. The second-order valence-corrected chi connectivity index (χ2v) is 46.0. The molecule has 10 rings (SSSR count). The highest BCUT2D eigenvalue weighted by atomic mass is 31.2. The highest BCUT2D eigenvalue weighted by molar-refractivity contribution is 7.61. The first-order chi connectivity index (χ1) is 69.0. The van der Waals surface area contributed by atoms with E-state index in [1.807, 2.05) is 0 Å². The Kier molecular flexibility index (Phi) is 47.5. The number of nitrogen functional groups attached to an aromatic ring is 5. The van der Waals surface area contributed by atoms with Crippen molar-refractivity contribution >= 4 is 181 Å². The van der Waals surface area contributed by atoms with E-state index in [0.29, 0.717) is 28.2 Å². The summed E-state index contributed by atoms with van der Waals surface area (Å²) in [5.41, 5.74) is 27.9. The van der Waals surface area contributed by atoms with Crippen LogP contribution in [-0.4, -0.2) is 287 Å². The van der Waals surface area contributed by atoms with Gasteiger partial charge in [-0.1, -0.05) is 0 Å². The molecule has 13 atom stereocenters. The smallest absolute Gasteiger partial charge is 0.323 e. The van der Waals surface area contributed by atoms with Crippen LogP contribution in [0.4, 0.5) is 29.7 Å². The molecule has 148 heavy (non-hydrogen) atoms. The number of nitrogens with two attached hydrogens (primary N) is 5. The van der Waals surface area contributed by atoms with Gasteiger partial charge in [0, 0.05) is 32.7 Å². The van der Waals surface area contributed by atoms with Crippen LogP contribution in [0.5, 0.6) is 0 Å². The van der Waals surface area contributed by atoms with Gasteiger partial charge < -0.3 is 79.9 Å². The van der Waals surface area contributed by atoms with Gasteiger partial charge in [0.05, 0.1) is 125 Å². The monoisotopic (exact) mass is 2180 g/mol. The van der Waals surface area contributed by atoms with Gasteiger partial charge in [-0.15, -0.1) is 0 Å². The van der Waals surface area contributed by atoms with E-state index in [9.17, 15) is 94.7 Å². The molecule has 0 saturated heterocycles. The van der Waals surface area contributed by atoms with Crippen molar-refractivity contribution in [2.45, 2.75) is 245 Å². The summed E-state index contributed by atoms with van der Waals surface area (Å²) in [7, 11) is -17.1. The van der Waals surface area contributed by atoms with Crippen molar-refractivity contribution in [1.29, 1.82) is 0 Å². The van der Waals surface area contributed by atoms with Crippen LogP contribution in [0.2, 0.25) is 0 Å². The van der Waals surface area contributed by atoms with E-state index in [-0.39, 0.29) is 213 Å². The quantitative estimate of drug-likeness (QED) is 0.0139. The molecule has 0 aliphatic carbocycles. The summed E-state index contributed by atoms with van der Waals surface area (Å²) >= 11 is 0. The number of ether oxygens (including phenoxy) is 6. The third-order valence-corrected chi connectivity index (χ3v) is 32.2. The minimum atomic E-state index is -3.51. The normalized spacial score (nSPS) is 15.0. The maximum atomic E-state index is 13.4. The number of aromatic nitrogens is 20. The molecule has 0 spiro atoms. The Morgan fingerprint density at radius 1 is 0.270 bits per heavy atom. The number of H-pyrrole nitrogens is 5. The number of imidazole rings is 5. The van der Waals surface area contributed by atoms with Crippen molar-refractivity contribution in [3.63, 3.8) is 0 Å². The number of ketones is 9. The van der Waals surface area contributed by atoms with Crippen LogP contribution >= 0.6 is 37.2 Å². The van der Waals surface area contributed by atoms with Crippen LogP contribution in [0.15, 0.2) is 55.6 Å². The lowest BCUT2D eigenvalue weighted by molar-refractivity contribution is -0.149. The molecule has 61 nitrogen and oxygen atoms in total. The fourth-order valence-corrected chi connectivity index (χ4v) is 23.4. The Bertz CT molecular complexity index is 6200. The highest BCUT2D eigenvalue weighted by Crippen LogP contribution is 2.42. The molecule has 0 fully saturated rings. The summed E-state index contributed by atoms with van der Waals surface area (Å²) in [6, 6.07) is -7.00. The summed E-state index contributed by atoms with van der Waals surface area (Å²) in [5, 5.41) is 27.4. The second kappa shape index (κ2) is 56.4. The van der Waals surface area contributed by atoms with E-state index in [0.717, 1.165) is 0 Å². The second-order valence-electron chi connectivity index (χ2n) is 34.7. The van der Waals surface area contributed by atoms with Crippen molar-refractivity contribution < 1.29 is 99.2 Å². The Morgan fingerprint density at radius 3 is 0.547 bits per heavy atom. The molecular weight excluding hydrogens is 2050 g/mol. The van der Waals surface area contributed by atoms with E-state index in [1.165, 1.54) is 101 Å². The third kappa shape index (κ3) is 38.7. The lowest BCUT2D eigenvalue weighted by Gasteiger charge is -2.26. The molecule has 10 aromatic rings. The van der Waals surface area contributed by atoms with Gasteiger partial charge in [-0.3, -0.25) is 120 Å². The zero-order chi connectivity index (χ0) is 111. The number of nitrogens with zero attached hydrogens (tertiary/aromatic N) is 15. The number of hydrogen-bond acceptors (Lipinski definition) is 41. The molecule has 0 radical (unpaired) electrons. The molecule has 0 bridgehead atoms.